The highest BCUT2D eigenvalue weighted by molar-refractivity contribution is 5.82. The lowest BCUT2D eigenvalue weighted by atomic mass is 9.94. The van der Waals surface area contributed by atoms with Gasteiger partial charge in [-0.25, -0.2) is 0 Å². The van der Waals surface area contributed by atoms with Crippen LogP contribution in [-0.2, 0) is 9.59 Å². The summed E-state index contributed by atoms with van der Waals surface area (Å²) >= 11 is 0. The second-order valence-electron chi connectivity index (χ2n) is 4.98. The fourth-order valence-corrected chi connectivity index (χ4v) is 2.29. The molecule has 0 unspecified atom stereocenters. The minimum atomic E-state index is -4.50. The maximum absolute atomic E-state index is 13.1. The molecule has 1 heterocycles. The van der Waals surface area contributed by atoms with E-state index in [4.69, 9.17) is 0 Å². The molecule has 0 radical (unpaired) electrons. The highest BCUT2D eigenvalue weighted by atomic mass is 19.4. The van der Waals surface area contributed by atoms with Gasteiger partial charge in [-0.2, -0.15) is 13.2 Å². The zero-order valence-corrected chi connectivity index (χ0v) is 11.1. The van der Waals surface area contributed by atoms with Crippen LogP contribution in [-0.4, -0.2) is 30.6 Å². The van der Waals surface area contributed by atoms with E-state index in [2.05, 4.69) is 10.6 Å². The fraction of sp³-hybridized carbons (Fsp3) is 0.429. The molecule has 114 valence electrons. The Labute approximate surface area is 119 Å². The number of halogens is 3. The molecule has 7 heteroatoms. The summed E-state index contributed by atoms with van der Waals surface area (Å²) in [6.45, 7) is 0.257. The molecule has 21 heavy (non-hydrogen) atoms. The smallest absolute Gasteiger partial charge is 0.354 e. The minimum absolute atomic E-state index is 0.0563. The molecule has 2 amide bonds. The van der Waals surface area contributed by atoms with Crippen LogP contribution in [0.25, 0.3) is 0 Å². The predicted molar refractivity (Wildman–Crippen MR) is 69.4 cm³/mol. The third kappa shape index (κ3) is 4.21. The number of amides is 2. The Hall–Kier alpha value is -2.05. The van der Waals surface area contributed by atoms with E-state index in [-0.39, 0.29) is 24.4 Å². The molecule has 2 N–H and O–H groups in total. The molecule has 1 aromatic carbocycles. The maximum Gasteiger partial charge on any atom is 0.396 e. The quantitative estimate of drug-likeness (QED) is 0.889. The molecule has 1 fully saturated rings. The molecule has 1 aliphatic heterocycles. The molecule has 0 bridgehead atoms. The lowest BCUT2D eigenvalue weighted by Crippen LogP contribution is -2.38. The molecule has 1 saturated heterocycles. The molecule has 1 aromatic rings. The first-order chi connectivity index (χ1) is 9.86. The summed E-state index contributed by atoms with van der Waals surface area (Å²) in [6, 6.07) is 6.90. The van der Waals surface area contributed by atoms with Gasteiger partial charge in [-0.05, 0) is 5.56 Å². The molecule has 0 aliphatic carbocycles. The van der Waals surface area contributed by atoms with E-state index in [0.29, 0.717) is 0 Å². The summed E-state index contributed by atoms with van der Waals surface area (Å²) in [6.07, 6.45) is -5.07. The molecule has 2 rings (SSSR count). The molecule has 4 nitrogen and oxygen atoms in total. The Morgan fingerprint density at radius 3 is 2.52 bits per heavy atom. The van der Waals surface area contributed by atoms with Crippen molar-refractivity contribution in [3.05, 3.63) is 35.9 Å². The topological polar surface area (TPSA) is 58.2 Å². The van der Waals surface area contributed by atoms with Crippen LogP contribution in [0.1, 0.15) is 24.3 Å². The van der Waals surface area contributed by atoms with Gasteiger partial charge in [0.05, 0.1) is 12.0 Å². The van der Waals surface area contributed by atoms with E-state index in [1.165, 1.54) is 24.3 Å². The van der Waals surface area contributed by atoms with Crippen molar-refractivity contribution >= 4 is 11.8 Å². The van der Waals surface area contributed by atoms with E-state index in [0.717, 1.165) is 0 Å². The summed E-state index contributed by atoms with van der Waals surface area (Å²) < 4.78 is 39.3. The number of alkyl halides is 3. The molecule has 2 atom stereocenters. The Bertz CT molecular complexity index is 517. The van der Waals surface area contributed by atoms with E-state index < -0.39 is 30.5 Å². The van der Waals surface area contributed by atoms with Crippen LogP contribution in [0.4, 0.5) is 13.2 Å². The minimum Gasteiger partial charge on any atom is -0.354 e. The molecule has 0 aromatic heterocycles. The van der Waals surface area contributed by atoms with E-state index in [1.54, 1.807) is 6.07 Å². The van der Waals surface area contributed by atoms with Crippen LogP contribution in [0.15, 0.2) is 30.3 Å². The van der Waals surface area contributed by atoms with Crippen LogP contribution in [0.5, 0.6) is 0 Å². The summed E-state index contributed by atoms with van der Waals surface area (Å²) in [5.41, 5.74) is 0.0563. The lowest BCUT2D eigenvalue weighted by Gasteiger charge is -2.21. The van der Waals surface area contributed by atoms with Crippen LogP contribution < -0.4 is 10.6 Å². The largest absolute Gasteiger partial charge is 0.396 e. The second kappa shape index (κ2) is 6.15. The summed E-state index contributed by atoms with van der Waals surface area (Å²) in [5.74, 6) is -2.76. The summed E-state index contributed by atoms with van der Waals surface area (Å²) in [4.78, 5) is 22.8. The van der Waals surface area contributed by atoms with Gasteiger partial charge in [-0.1, -0.05) is 30.3 Å². The third-order valence-electron chi connectivity index (χ3n) is 3.33. The molecule has 1 aliphatic rings. The molecule has 0 saturated carbocycles. The standard InChI is InChI=1S/C14H15F3N2O2/c15-14(16,17)11(9-4-2-1-3-5-9)7-13(21)19-10-6-12(20)18-8-10/h1-5,10-11H,6-8H2,(H,18,20)(H,19,21)/t10-,11+/m1/s1. The van der Waals surface area contributed by atoms with Gasteiger partial charge in [-0.3, -0.25) is 9.59 Å². The van der Waals surface area contributed by atoms with Gasteiger partial charge in [0.1, 0.15) is 0 Å². The number of rotatable bonds is 4. The summed E-state index contributed by atoms with van der Waals surface area (Å²) in [7, 11) is 0. The van der Waals surface area contributed by atoms with Crippen LogP contribution in [0.2, 0.25) is 0 Å². The average molecular weight is 300 g/mol. The van der Waals surface area contributed by atoms with Crippen LogP contribution in [0.3, 0.4) is 0 Å². The van der Waals surface area contributed by atoms with Crippen molar-refractivity contribution in [3.63, 3.8) is 0 Å². The van der Waals surface area contributed by atoms with Gasteiger partial charge in [0, 0.05) is 19.4 Å². The number of nitrogens with one attached hydrogen (secondary N) is 2. The number of carbonyl (C=O) groups excluding carboxylic acids is 2. The van der Waals surface area contributed by atoms with Gasteiger partial charge in [0.2, 0.25) is 11.8 Å². The third-order valence-corrected chi connectivity index (χ3v) is 3.33. The normalized spacial score (nSPS) is 20.0. The first-order valence-electron chi connectivity index (χ1n) is 6.54. The van der Waals surface area contributed by atoms with E-state index in [9.17, 15) is 22.8 Å². The maximum atomic E-state index is 13.1. The van der Waals surface area contributed by atoms with E-state index in [1.807, 2.05) is 0 Å². The van der Waals surface area contributed by atoms with Crippen molar-refractivity contribution in [1.29, 1.82) is 0 Å². The monoisotopic (exact) mass is 300 g/mol. The van der Waals surface area contributed by atoms with E-state index >= 15 is 0 Å². The van der Waals surface area contributed by atoms with Gasteiger partial charge in [0.15, 0.2) is 0 Å². The highest BCUT2D eigenvalue weighted by Crippen LogP contribution is 2.37. The number of benzene rings is 1. The lowest BCUT2D eigenvalue weighted by molar-refractivity contribution is -0.157. The Balaban J connectivity index is 2.02. The SMILES string of the molecule is O=C1C[C@@H](NC(=O)C[C@@H](c2ccccc2)C(F)(F)F)CN1. The van der Waals surface area contributed by atoms with Crippen molar-refractivity contribution in [1.82, 2.24) is 10.6 Å². The van der Waals surface area contributed by atoms with Gasteiger partial charge < -0.3 is 10.6 Å². The van der Waals surface area contributed by atoms with Crippen LogP contribution in [0, 0.1) is 0 Å². The number of hydrogen-bond acceptors (Lipinski definition) is 2. The van der Waals surface area contributed by atoms with Crippen LogP contribution >= 0.6 is 0 Å². The zero-order chi connectivity index (χ0) is 15.5. The second-order valence-corrected chi connectivity index (χ2v) is 4.98. The van der Waals surface area contributed by atoms with Crippen molar-refractivity contribution in [2.45, 2.75) is 31.0 Å². The van der Waals surface area contributed by atoms with Crippen molar-refractivity contribution < 1.29 is 22.8 Å². The predicted octanol–water partition coefficient (Wildman–Crippen LogP) is 1.73. The average Bonchev–Trinajstić information content (AvgIpc) is 2.81. The summed E-state index contributed by atoms with van der Waals surface area (Å²) in [5, 5.41) is 4.97. The van der Waals surface area contributed by atoms with Gasteiger partial charge >= 0.3 is 6.18 Å². The van der Waals surface area contributed by atoms with Gasteiger partial charge in [-0.15, -0.1) is 0 Å². The Kier molecular flexibility index (Phi) is 4.50. The molecular weight excluding hydrogens is 285 g/mol. The first kappa shape index (κ1) is 15.3. The molecular formula is C14H15F3N2O2. The number of carbonyl (C=O) groups is 2. The Morgan fingerprint density at radius 1 is 1.33 bits per heavy atom. The fourth-order valence-electron chi connectivity index (χ4n) is 2.29. The van der Waals surface area contributed by atoms with Crippen molar-refractivity contribution in [3.8, 4) is 0 Å². The van der Waals surface area contributed by atoms with Crippen molar-refractivity contribution in [2.75, 3.05) is 6.54 Å². The zero-order valence-electron chi connectivity index (χ0n) is 11.1. The first-order valence-corrected chi connectivity index (χ1v) is 6.54. The number of hydrogen-bond donors (Lipinski definition) is 2. The van der Waals surface area contributed by atoms with Gasteiger partial charge in [0.25, 0.3) is 0 Å². The Morgan fingerprint density at radius 2 is 2.00 bits per heavy atom. The highest BCUT2D eigenvalue weighted by Gasteiger charge is 2.42. The van der Waals surface area contributed by atoms with Crippen molar-refractivity contribution in [2.24, 2.45) is 0 Å². The molecule has 0 spiro atoms.